The van der Waals surface area contributed by atoms with E-state index in [-0.39, 0.29) is 5.91 Å². The van der Waals surface area contributed by atoms with Crippen molar-refractivity contribution in [3.63, 3.8) is 0 Å². The van der Waals surface area contributed by atoms with Gasteiger partial charge in [0.1, 0.15) is 18.1 Å². The predicted molar refractivity (Wildman–Crippen MR) is 119 cm³/mol. The molecule has 1 heterocycles. The van der Waals surface area contributed by atoms with Crippen molar-refractivity contribution in [1.82, 2.24) is 9.78 Å². The number of benzene rings is 2. The normalized spacial score (nSPS) is 10.9. The number of anilines is 1. The van der Waals surface area contributed by atoms with Crippen molar-refractivity contribution in [3.8, 4) is 11.5 Å². The molecule has 1 amide bonds. The first-order valence-electron chi connectivity index (χ1n) is 9.88. The van der Waals surface area contributed by atoms with E-state index in [2.05, 4.69) is 10.4 Å². The second kappa shape index (κ2) is 9.78. The molecular formula is C24H27N3O3. The molecule has 0 aliphatic heterocycles. The molecule has 0 radical (unpaired) electrons. The van der Waals surface area contributed by atoms with Crippen molar-refractivity contribution in [3.05, 3.63) is 77.1 Å². The molecule has 0 spiro atoms. The fourth-order valence-electron chi connectivity index (χ4n) is 3.12. The van der Waals surface area contributed by atoms with Gasteiger partial charge in [0.25, 0.3) is 0 Å². The Morgan fingerprint density at radius 2 is 2.03 bits per heavy atom. The Labute approximate surface area is 177 Å². The molecule has 0 unspecified atom stereocenters. The Balaban J connectivity index is 1.68. The summed E-state index contributed by atoms with van der Waals surface area (Å²) in [4.78, 5) is 12.3. The van der Waals surface area contributed by atoms with Crippen LogP contribution in [-0.2, 0) is 17.9 Å². The fourth-order valence-corrected chi connectivity index (χ4v) is 3.12. The number of aryl methyl sites for hydroxylation is 2. The smallest absolute Gasteiger partial charge is 0.248 e. The number of aromatic nitrogens is 2. The van der Waals surface area contributed by atoms with Gasteiger partial charge in [-0.05, 0) is 62.2 Å². The molecule has 30 heavy (non-hydrogen) atoms. The van der Waals surface area contributed by atoms with E-state index in [9.17, 15) is 4.79 Å². The van der Waals surface area contributed by atoms with Gasteiger partial charge in [-0.1, -0.05) is 18.2 Å². The second-order valence-electron chi connectivity index (χ2n) is 6.96. The standard InChI is InChI=1S/C24H27N3O3/c1-5-27-18(3)22(15-25-27)26-24(28)12-10-19-9-11-23(29-4)20(14-19)16-30-21-8-6-7-17(2)13-21/h6-15H,5,16H2,1-4H3,(H,26,28)/b12-10+. The lowest BCUT2D eigenvalue weighted by Gasteiger charge is -2.11. The number of methoxy groups -OCH3 is 1. The van der Waals surface area contributed by atoms with Gasteiger partial charge >= 0.3 is 0 Å². The van der Waals surface area contributed by atoms with Crippen LogP contribution in [0, 0.1) is 13.8 Å². The van der Waals surface area contributed by atoms with Crippen LogP contribution in [0.5, 0.6) is 11.5 Å². The van der Waals surface area contributed by atoms with Crippen molar-refractivity contribution < 1.29 is 14.3 Å². The maximum Gasteiger partial charge on any atom is 0.248 e. The number of nitrogens with zero attached hydrogens (tertiary/aromatic N) is 2. The van der Waals surface area contributed by atoms with Gasteiger partial charge in [-0.2, -0.15) is 5.10 Å². The molecule has 0 bridgehead atoms. The monoisotopic (exact) mass is 405 g/mol. The lowest BCUT2D eigenvalue weighted by atomic mass is 10.1. The zero-order valence-corrected chi connectivity index (χ0v) is 17.8. The summed E-state index contributed by atoms with van der Waals surface area (Å²) in [5, 5.41) is 7.10. The van der Waals surface area contributed by atoms with E-state index >= 15 is 0 Å². The summed E-state index contributed by atoms with van der Waals surface area (Å²) in [6.07, 6.45) is 4.94. The van der Waals surface area contributed by atoms with Gasteiger partial charge in [0, 0.05) is 18.2 Å². The average Bonchev–Trinajstić information content (AvgIpc) is 3.10. The zero-order valence-electron chi connectivity index (χ0n) is 17.8. The van der Waals surface area contributed by atoms with E-state index in [4.69, 9.17) is 9.47 Å². The van der Waals surface area contributed by atoms with Crippen LogP contribution >= 0.6 is 0 Å². The molecule has 6 heteroatoms. The third kappa shape index (κ3) is 5.29. The van der Waals surface area contributed by atoms with Gasteiger partial charge in [-0.25, -0.2) is 0 Å². The Hall–Kier alpha value is -3.54. The second-order valence-corrected chi connectivity index (χ2v) is 6.96. The van der Waals surface area contributed by atoms with E-state index in [1.807, 2.05) is 67.9 Å². The van der Waals surface area contributed by atoms with Crippen LogP contribution in [-0.4, -0.2) is 22.8 Å². The minimum Gasteiger partial charge on any atom is -0.496 e. The quantitative estimate of drug-likeness (QED) is 0.549. The summed E-state index contributed by atoms with van der Waals surface area (Å²) in [5.41, 5.74) is 4.58. The molecule has 0 aliphatic carbocycles. The number of nitrogens with one attached hydrogen (secondary N) is 1. The summed E-state index contributed by atoms with van der Waals surface area (Å²) in [7, 11) is 1.63. The number of carbonyl (C=O) groups is 1. The van der Waals surface area contributed by atoms with Crippen LogP contribution in [0.15, 0.2) is 54.7 Å². The minimum atomic E-state index is -0.206. The number of amides is 1. The summed E-state index contributed by atoms with van der Waals surface area (Å²) in [5.74, 6) is 1.34. The van der Waals surface area contributed by atoms with Crippen LogP contribution in [0.4, 0.5) is 5.69 Å². The molecule has 1 N–H and O–H groups in total. The topological polar surface area (TPSA) is 65.4 Å². The Morgan fingerprint density at radius 3 is 2.73 bits per heavy atom. The molecule has 156 valence electrons. The van der Waals surface area contributed by atoms with Gasteiger partial charge in [-0.15, -0.1) is 0 Å². The molecular weight excluding hydrogens is 378 g/mol. The van der Waals surface area contributed by atoms with Gasteiger partial charge in [0.2, 0.25) is 5.91 Å². The SMILES string of the molecule is CCn1ncc(NC(=O)/C=C/c2ccc(OC)c(COc3cccc(C)c3)c2)c1C. The lowest BCUT2D eigenvalue weighted by molar-refractivity contribution is -0.111. The molecule has 0 atom stereocenters. The third-order valence-corrected chi connectivity index (χ3v) is 4.78. The van der Waals surface area contributed by atoms with Gasteiger partial charge in [0.05, 0.1) is 24.7 Å². The van der Waals surface area contributed by atoms with E-state index in [1.165, 1.54) is 6.08 Å². The summed E-state index contributed by atoms with van der Waals surface area (Å²) < 4.78 is 13.2. The molecule has 0 saturated carbocycles. The fraction of sp³-hybridized carbons (Fsp3) is 0.250. The Kier molecular flexibility index (Phi) is 6.91. The minimum absolute atomic E-state index is 0.206. The van der Waals surface area contributed by atoms with E-state index in [0.717, 1.165) is 40.4 Å². The lowest BCUT2D eigenvalue weighted by Crippen LogP contribution is -2.09. The number of hydrogen-bond donors (Lipinski definition) is 1. The molecule has 1 aromatic heterocycles. The number of rotatable bonds is 8. The van der Waals surface area contributed by atoms with E-state index in [0.29, 0.717) is 12.3 Å². The molecule has 6 nitrogen and oxygen atoms in total. The summed E-state index contributed by atoms with van der Waals surface area (Å²) in [6.45, 7) is 7.10. The van der Waals surface area contributed by atoms with Crippen molar-refractivity contribution in [1.29, 1.82) is 0 Å². The molecule has 0 fully saturated rings. The highest BCUT2D eigenvalue weighted by atomic mass is 16.5. The van der Waals surface area contributed by atoms with Crippen molar-refractivity contribution >= 4 is 17.7 Å². The zero-order chi connectivity index (χ0) is 21.5. The highest BCUT2D eigenvalue weighted by Crippen LogP contribution is 2.23. The van der Waals surface area contributed by atoms with Crippen LogP contribution in [0.2, 0.25) is 0 Å². The summed E-state index contributed by atoms with van der Waals surface area (Å²) in [6, 6.07) is 13.6. The molecule has 0 aliphatic rings. The van der Waals surface area contributed by atoms with E-state index in [1.54, 1.807) is 19.4 Å². The maximum atomic E-state index is 12.3. The average molecular weight is 405 g/mol. The number of hydrogen-bond acceptors (Lipinski definition) is 4. The molecule has 0 saturated heterocycles. The van der Waals surface area contributed by atoms with Crippen LogP contribution in [0.3, 0.4) is 0 Å². The molecule has 2 aromatic carbocycles. The van der Waals surface area contributed by atoms with Crippen LogP contribution in [0.1, 0.15) is 29.3 Å². The van der Waals surface area contributed by atoms with Crippen molar-refractivity contribution in [2.75, 3.05) is 12.4 Å². The third-order valence-electron chi connectivity index (χ3n) is 4.78. The van der Waals surface area contributed by atoms with Crippen molar-refractivity contribution in [2.45, 2.75) is 33.9 Å². The first-order valence-corrected chi connectivity index (χ1v) is 9.88. The largest absolute Gasteiger partial charge is 0.496 e. The van der Waals surface area contributed by atoms with Gasteiger partial charge in [0.15, 0.2) is 0 Å². The highest BCUT2D eigenvalue weighted by molar-refractivity contribution is 6.02. The number of carbonyl (C=O) groups excluding carboxylic acids is 1. The van der Waals surface area contributed by atoms with E-state index < -0.39 is 0 Å². The maximum absolute atomic E-state index is 12.3. The highest BCUT2D eigenvalue weighted by Gasteiger charge is 2.08. The van der Waals surface area contributed by atoms with Gasteiger partial charge < -0.3 is 14.8 Å². The van der Waals surface area contributed by atoms with Crippen molar-refractivity contribution in [2.24, 2.45) is 0 Å². The Morgan fingerprint density at radius 1 is 1.20 bits per heavy atom. The van der Waals surface area contributed by atoms with Crippen LogP contribution in [0.25, 0.3) is 6.08 Å². The number of ether oxygens (including phenoxy) is 2. The van der Waals surface area contributed by atoms with Crippen LogP contribution < -0.4 is 14.8 Å². The Bertz CT molecular complexity index is 1050. The predicted octanol–water partition coefficient (Wildman–Crippen LogP) is 4.76. The molecule has 3 rings (SSSR count). The van der Waals surface area contributed by atoms with Gasteiger partial charge in [-0.3, -0.25) is 9.48 Å². The first-order chi connectivity index (χ1) is 14.5. The summed E-state index contributed by atoms with van der Waals surface area (Å²) >= 11 is 0. The molecule has 3 aromatic rings. The first kappa shape index (κ1) is 21.2.